The minimum atomic E-state index is -3.25. The molecule has 0 bridgehead atoms. The second-order valence-electron chi connectivity index (χ2n) is 10.1. The van der Waals surface area contributed by atoms with Gasteiger partial charge in [0.05, 0.1) is 24.6 Å². The third-order valence-electron chi connectivity index (χ3n) is 7.20. The molecule has 37 heavy (non-hydrogen) atoms. The van der Waals surface area contributed by atoms with Gasteiger partial charge >= 0.3 is 0 Å². The van der Waals surface area contributed by atoms with Gasteiger partial charge in [-0.25, -0.2) is 23.1 Å². The van der Waals surface area contributed by atoms with Gasteiger partial charge in [-0.05, 0) is 27.7 Å². The van der Waals surface area contributed by atoms with Crippen LogP contribution in [-0.4, -0.2) is 46.1 Å². The molecule has 10 heteroatoms. The van der Waals surface area contributed by atoms with E-state index in [0.717, 1.165) is 18.4 Å². The summed E-state index contributed by atoms with van der Waals surface area (Å²) in [6, 6.07) is 5.74. The number of benzene rings is 1. The summed E-state index contributed by atoms with van der Waals surface area (Å²) in [5.74, 6) is -2.31. The molecule has 1 aliphatic carbocycles. The molecule has 3 aromatic rings. The minimum absolute atomic E-state index is 0. The Morgan fingerprint density at radius 3 is 2.46 bits per heavy atom. The molecule has 2 fully saturated rings. The summed E-state index contributed by atoms with van der Waals surface area (Å²) in [5.41, 5.74) is 0.982. The van der Waals surface area contributed by atoms with Gasteiger partial charge in [0.1, 0.15) is 29.0 Å². The van der Waals surface area contributed by atoms with Gasteiger partial charge in [0, 0.05) is 30.1 Å². The number of aromatic nitrogens is 3. The van der Waals surface area contributed by atoms with Gasteiger partial charge in [0.25, 0.3) is 5.92 Å². The van der Waals surface area contributed by atoms with Crippen molar-refractivity contribution in [3.8, 4) is 5.88 Å². The van der Waals surface area contributed by atoms with Crippen LogP contribution in [0.5, 0.6) is 5.88 Å². The van der Waals surface area contributed by atoms with Gasteiger partial charge in [0.15, 0.2) is 0 Å². The van der Waals surface area contributed by atoms with E-state index in [2.05, 4.69) is 20.3 Å². The number of pyridine rings is 1. The number of aryl methyl sites for hydroxylation is 1. The Bertz CT molecular complexity index is 1290. The zero-order valence-electron chi connectivity index (χ0n) is 21.6. The smallest absolute Gasteiger partial charge is 0.281 e. The van der Waals surface area contributed by atoms with E-state index >= 15 is 13.2 Å². The summed E-state index contributed by atoms with van der Waals surface area (Å²) in [4.78, 5) is 15.5. The van der Waals surface area contributed by atoms with Crippen molar-refractivity contribution in [2.24, 2.45) is 5.92 Å². The maximum absolute atomic E-state index is 15.6. The molecule has 2 aromatic heterocycles. The topological polar surface area (TPSA) is 63.2 Å². The van der Waals surface area contributed by atoms with Crippen LogP contribution in [0.15, 0.2) is 24.3 Å². The van der Waals surface area contributed by atoms with E-state index in [1.165, 1.54) is 24.1 Å². The number of nitrogens with one attached hydrogen (secondary N) is 1. The van der Waals surface area contributed by atoms with Crippen molar-refractivity contribution in [2.45, 2.75) is 58.5 Å². The van der Waals surface area contributed by atoms with Crippen LogP contribution < -0.4 is 10.1 Å². The van der Waals surface area contributed by atoms with E-state index in [4.69, 9.17) is 4.74 Å². The fourth-order valence-electron chi connectivity index (χ4n) is 4.81. The van der Waals surface area contributed by atoms with Crippen LogP contribution in [0.3, 0.4) is 0 Å². The number of rotatable bonds is 8. The molecule has 2 aliphatic rings. The number of ether oxygens (including phenoxy) is 1. The molecule has 1 saturated carbocycles. The summed E-state index contributed by atoms with van der Waals surface area (Å²) in [7, 11) is 1.57. The zero-order valence-corrected chi connectivity index (χ0v) is 24.5. The van der Waals surface area contributed by atoms with Crippen LogP contribution >= 0.6 is 0 Å². The third-order valence-corrected chi connectivity index (χ3v) is 7.20. The molecule has 3 heterocycles. The average molecular weight is 746 g/mol. The number of likely N-dealkylation sites (tertiary alicyclic amines) is 1. The molecule has 0 spiro atoms. The summed E-state index contributed by atoms with van der Waals surface area (Å²) >= 11 is 0. The number of hydrogen-bond acceptors (Lipinski definition) is 6. The molecular formula is C27H31CmF3N5O-. The van der Waals surface area contributed by atoms with Crippen molar-refractivity contribution in [1.29, 1.82) is 0 Å². The van der Waals surface area contributed by atoms with Gasteiger partial charge in [-0.2, -0.15) is 5.92 Å². The largest absolute Gasteiger partial charge is 0.537 e. The number of methoxy groups -OCH3 is 1. The van der Waals surface area contributed by atoms with E-state index < -0.39 is 29.3 Å². The molecular weight excluding hydrogens is 714 g/mol. The van der Waals surface area contributed by atoms with Gasteiger partial charge in [-0.3, -0.25) is 9.88 Å². The first-order valence-corrected chi connectivity index (χ1v) is 12.4. The van der Waals surface area contributed by atoms with Crippen LogP contribution in [0.25, 0.3) is 11.0 Å². The minimum Gasteiger partial charge on any atom is -0.537 e. The molecule has 1 atom stereocenters. The maximum atomic E-state index is 15.6. The zero-order chi connectivity index (χ0) is 25.8. The molecule has 1 N–H and O–H groups in total. The SMILES string of the molecule is COc1nc2nc(C)nc(N[C@H](C)c3cccc(C(F)(F)C4CN(C(C)C)C4)c3F)c2cc1[C-]1CC1.[Cm]. The number of halogens is 3. The standard InChI is InChI=1S/C27H31F3N5O.Cm/c1-14(2)35-12-18(13-35)27(29,30)22-8-6-7-19(23(22)28)15(3)31-24-21-11-20(17-9-10-17)26(36-5)34-25(21)33-16(4)32-24;/h6-8,11,14-15,18H,9-10,12-13H2,1-5H3,(H,31,32,33,34);/q-1;/t15-;/m1./s1. The predicted molar refractivity (Wildman–Crippen MR) is 133 cm³/mol. The molecule has 0 unspecified atom stereocenters. The third kappa shape index (κ3) is 4.59. The normalized spacial score (nSPS) is 16.9. The number of anilines is 1. The maximum Gasteiger partial charge on any atom is 0.281 e. The molecule has 1 aromatic carbocycles. The van der Waals surface area contributed by atoms with Crippen molar-refractivity contribution >= 4 is 16.9 Å². The van der Waals surface area contributed by atoms with E-state index in [1.54, 1.807) is 21.0 Å². The summed E-state index contributed by atoms with van der Waals surface area (Å²) in [6.45, 7) is 7.94. The molecule has 5 rings (SSSR count). The summed E-state index contributed by atoms with van der Waals surface area (Å²) < 4.78 is 51.6. The Kier molecular flexibility index (Phi) is 6.62. The van der Waals surface area contributed by atoms with Gasteiger partial charge in [0.2, 0.25) is 0 Å². The van der Waals surface area contributed by atoms with Crippen LogP contribution in [0.4, 0.5) is 19.0 Å². The first-order chi connectivity index (χ1) is 17.1. The Morgan fingerprint density at radius 2 is 1.84 bits per heavy atom. The quantitative estimate of drug-likeness (QED) is 0.295. The number of fused-ring (bicyclic) bond motifs is 1. The number of hydrogen-bond donors (Lipinski definition) is 1. The Hall–Kier alpha value is -4.07. The van der Waals surface area contributed by atoms with Crippen LogP contribution in [0.2, 0.25) is 0 Å². The Labute approximate surface area is 209 Å². The Balaban J connectivity index is 0.00000320. The molecule has 6 nitrogen and oxygen atoms in total. The number of alkyl halides is 2. The number of nitrogens with zero attached hydrogens (tertiary/aromatic N) is 4. The summed E-state index contributed by atoms with van der Waals surface area (Å²) in [5, 5.41) is 3.90. The van der Waals surface area contributed by atoms with E-state index in [1.807, 2.05) is 24.8 Å². The van der Waals surface area contributed by atoms with Crippen molar-refractivity contribution in [2.75, 3.05) is 25.5 Å². The van der Waals surface area contributed by atoms with Crippen LogP contribution in [0, 0.1) is 24.6 Å². The molecule has 200 valence electrons. The first kappa shape index (κ1) is 26.0. The monoisotopic (exact) mass is 741 g/mol. The van der Waals surface area contributed by atoms with Crippen molar-refractivity contribution < 1.29 is 17.9 Å². The van der Waals surface area contributed by atoms with E-state index in [0.29, 0.717) is 28.6 Å². The second kappa shape index (κ2) is 9.42. The molecule has 0 amide bonds. The Morgan fingerprint density at radius 1 is 1.14 bits per heavy atom. The fraction of sp³-hybridized carbons (Fsp3) is 0.481. The molecule has 1 aliphatic heterocycles. The molecule has 0 radical (unpaired) electrons. The van der Waals surface area contributed by atoms with Gasteiger partial charge < -0.3 is 10.1 Å². The molecule has 1 saturated heterocycles. The van der Waals surface area contributed by atoms with Crippen LogP contribution in [-0.2, 0) is 5.92 Å². The van der Waals surface area contributed by atoms with Crippen molar-refractivity contribution in [3.63, 3.8) is 0 Å². The van der Waals surface area contributed by atoms with Crippen molar-refractivity contribution in [1.82, 2.24) is 19.9 Å². The van der Waals surface area contributed by atoms with Gasteiger partial charge in [-0.15, -0.1) is 11.6 Å². The fourth-order valence-corrected chi connectivity index (χ4v) is 4.81. The van der Waals surface area contributed by atoms with E-state index in [-0.39, 0.29) is 24.7 Å². The average Bonchev–Trinajstić information content (AvgIpc) is 3.62. The summed E-state index contributed by atoms with van der Waals surface area (Å²) in [6.07, 6.45) is 1.97. The predicted octanol–water partition coefficient (Wildman–Crippen LogP) is 5.80. The van der Waals surface area contributed by atoms with Crippen LogP contribution in [0.1, 0.15) is 62.2 Å². The van der Waals surface area contributed by atoms with E-state index in [9.17, 15) is 0 Å². The first-order valence-electron chi connectivity index (χ1n) is 12.4. The van der Waals surface area contributed by atoms with Crippen molar-refractivity contribution in [3.05, 3.63) is 58.5 Å². The van der Waals surface area contributed by atoms with Gasteiger partial charge in [-0.1, -0.05) is 31.0 Å². The second-order valence-corrected chi connectivity index (χ2v) is 10.1.